The number of carbonyl (C=O) groups is 1. The van der Waals surface area contributed by atoms with Crippen LogP contribution in [0, 0.1) is 0 Å². The molecule has 0 saturated carbocycles. The lowest BCUT2D eigenvalue weighted by Gasteiger charge is -2.08. The van der Waals surface area contributed by atoms with Crippen molar-refractivity contribution in [3.05, 3.63) is 21.9 Å². The van der Waals surface area contributed by atoms with E-state index in [0.717, 1.165) is 36.5 Å². The van der Waals surface area contributed by atoms with Gasteiger partial charge in [0.1, 0.15) is 4.88 Å². The molecule has 0 bridgehead atoms. The minimum atomic E-state index is -0.817. The summed E-state index contributed by atoms with van der Waals surface area (Å²) in [7, 11) is 0. The van der Waals surface area contributed by atoms with Crippen molar-refractivity contribution in [1.29, 1.82) is 0 Å². The van der Waals surface area contributed by atoms with Gasteiger partial charge in [-0.05, 0) is 29.9 Å². The van der Waals surface area contributed by atoms with Gasteiger partial charge in [0.2, 0.25) is 0 Å². The summed E-state index contributed by atoms with van der Waals surface area (Å²) in [6, 6.07) is 1.90. The molecular formula is C11H14O3S2. The molecule has 0 radical (unpaired) electrons. The average molecular weight is 258 g/mol. The fraction of sp³-hybridized carbons (Fsp3) is 0.545. The van der Waals surface area contributed by atoms with Crippen LogP contribution in [0.5, 0.6) is 0 Å². The highest BCUT2D eigenvalue weighted by atomic mass is 32.2. The molecule has 0 aliphatic carbocycles. The maximum Gasteiger partial charge on any atom is 0.346 e. The summed E-state index contributed by atoms with van der Waals surface area (Å²) in [6.45, 7) is 0.879. The molecule has 16 heavy (non-hydrogen) atoms. The van der Waals surface area contributed by atoms with Crippen molar-refractivity contribution in [2.24, 2.45) is 0 Å². The molecule has 0 aromatic carbocycles. The van der Waals surface area contributed by atoms with E-state index in [-0.39, 0.29) is 0 Å². The number of carboxylic acid groups (broad SMARTS) is 1. The summed E-state index contributed by atoms with van der Waals surface area (Å²) < 4.78 is 5.52. The molecule has 1 aromatic rings. The third-order valence-electron chi connectivity index (χ3n) is 2.53. The summed E-state index contributed by atoms with van der Waals surface area (Å²) >= 11 is 3.05. The fourth-order valence-electron chi connectivity index (χ4n) is 1.71. The van der Waals surface area contributed by atoms with Gasteiger partial charge in [-0.2, -0.15) is 11.8 Å². The number of rotatable bonds is 5. The smallest absolute Gasteiger partial charge is 0.346 e. The standard InChI is InChI=1S/C11H14O3S2/c12-11(13)10-8(3-5-16-10)6-15-7-9-2-1-4-14-9/h3,5,9H,1-2,4,6-7H2,(H,12,13). The van der Waals surface area contributed by atoms with Gasteiger partial charge < -0.3 is 9.84 Å². The Labute approximate surface area is 103 Å². The minimum Gasteiger partial charge on any atom is -0.477 e. The Morgan fingerprint density at radius 2 is 2.56 bits per heavy atom. The SMILES string of the molecule is O=C(O)c1sccc1CSCC1CCCO1. The third-order valence-corrected chi connectivity index (χ3v) is 4.59. The topological polar surface area (TPSA) is 46.5 Å². The van der Waals surface area contributed by atoms with Crippen molar-refractivity contribution in [3.8, 4) is 0 Å². The number of ether oxygens (including phenoxy) is 1. The van der Waals surface area contributed by atoms with Gasteiger partial charge in [-0.1, -0.05) is 0 Å². The zero-order valence-electron chi connectivity index (χ0n) is 8.85. The van der Waals surface area contributed by atoms with Crippen LogP contribution in [0.25, 0.3) is 0 Å². The second kappa shape index (κ2) is 5.70. The van der Waals surface area contributed by atoms with Gasteiger partial charge in [0.05, 0.1) is 6.10 Å². The average Bonchev–Trinajstić information content (AvgIpc) is 2.87. The van der Waals surface area contributed by atoms with E-state index in [4.69, 9.17) is 9.84 Å². The van der Waals surface area contributed by atoms with Crippen LogP contribution in [0.3, 0.4) is 0 Å². The number of aromatic carboxylic acids is 1. The molecule has 1 aliphatic rings. The van der Waals surface area contributed by atoms with Crippen LogP contribution in [0.15, 0.2) is 11.4 Å². The number of hydrogen-bond acceptors (Lipinski definition) is 4. The van der Waals surface area contributed by atoms with Crippen LogP contribution in [0.4, 0.5) is 0 Å². The van der Waals surface area contributed by atoms with E-state index >= 15 is 0 Å². The number of hydrogen-bond donors (Lipinski definition) is 1. The van der Waals surface area contributed by atoms with E-state index in [1.807, 2.05) is 11.4 Å². The van der Waals surface area contributed by atoms with Crippen LogP contribution in [0.2, 0.25) is 0 Å². The minimum absolute atomic E-state index is 0.372. The van der Waals surface area contributed by atoms with Gasteiger partial charge in [0.25, 0.3) is 0 Å². The summed E-state index contributed by atoms with van der Waals surface area (Å²) in [6.07, 6.45) is 2.67. The van der Waals surface area contributed by atoms with Gasteiger partial charge >= 0.3 is 5.97 Å². The van der Waals surface area contributed by atoms with E-state index < -0.39 is 5.97 Å². The Kier molecular flexibility index (Phi) is 4.26. The Morgan fingerprint density at radius 1 is 1.69 bits per heavy atom. The van der Waals surface area contributed by atoms with Crippen LogP contribution in [-0.2, 0) is 10.5 Å². The molecule has 1 aromatic heterocycles. The van der Waals surface area contributed by atoms with Gasteiger partial charge in [-0.25, -0.2) is 4.79 Å². The first-order valence-corrected chi connectivity index (χ1v) is 7.30. The fourth-order valence-corrected chi connectivity index (χ4v) is 3.67. The monoisotopic (exact) mass is 258 g/mol. The highest BCUT2D eigenvalue weighted by Crippen LogP contribution is 2.24. The second-order valence-electron chi connectivity index (χ2n) is 3.73. The predicted molar refractivity (Wildman–Crippen MR) is 66.4 cm³/mol. The van der Waals surface area contributed by atoms with E-state index in [9.17, 15) is 4.79 Å². The van der Waals surface area contributed by atoms with Gasteiger partial charge in [0, 0.05) is 18.1 Å². The normalized spacial score (nSPS) is 20.1. The number of carboxylic acids is 1. The molecule has 1 aliphatic heterocycles. The molecule has 1 N–H and O–H groups in total. The molecule has 2 rings (SSSR count). The summed E-state index contributed by atoms with van der Waals surface area (Å²) in [5, 5.41) is 10.8. The summed E-state index contributed by atoms with van der Waals surface area (Å²) in [5.41, 5.74) is 0.931. The van der Waals surface area contributed by atoms with Crippen LogP contribution in [0.1, 0.15) is 28.1 Å². The third kappa shape index (κ3) is 2.99. The maximum atomic E-state index is 10.9. The van der Waals surface area contributed by atoms with Gasteiger partial charge in [-0.3, -0.25) is 0 Å². The van der Waals surface area contributed by atoms with Crippen molar-refractivity contribution >= 4 is 29.1 Å². The van der Waals surface area contributed by atoms with Crippen LogP contribution >= 0.6 is 23.1 Å². The molecule has 1 unspecified atom stereocenters. The highest BCUT2D eigenvalue weighted by molar-refractivity contribution is 7.98. The molecule has 88 valence electrons. The first kappa shape index (κ1) is 12.0. The van der Waals surface area contributed by atoms with Crippen molar-refractivity contribution < 1.29 is 14.6 Å². The zero-order chi connectivity index (χ0) is 11.4. The maximum absolute atomic E-state index is 10.9. The number of thioether (sulfide) groups is 1. The van der Waals surface area contributed by atoms with E-state index in [1.54, 1.807) is 11.8 Å². The Bertz CT molecular complexity index is 356. The summed E-state index contributed by atoms with van der Waals surface area (Å²) in [5.74, 6) is 0.919. The largest absolute Gasteiger partial charge is 0.477 e. The van der Waals surface area contributed by atoms with Crippen molar-refractivity contribution in [2.45, 2.75) is 24.7 Å². The molecule has 5 heteroatoms. The molecule has 1 saturated heterocycles. The molecule has 2 heterocycles. The van der Waals surface area contributed by atoms with E-state index in [0.29, 0.717) is 11.0 Å². The molecule has 3 nitrogen and oxygen atoms in total. The quantitative estimate of drug-likeness (QED) is 0.882. The predicted octanol–water partition coefficient (Wildman–Crippen LogP) is 2.86. The van der Waals surface area contributed by atoms with Crippen molar-refractivity contribution in [2.75, 3.05) is 12.4 Å². The second-order valence-corrected chi connectivity index (χ2v) is 5.68. The lowest BCUT2D eigenvalue weighted by Crippen LogP contribution is -2.08. The Balaban J connectivity index is 1.80. The highest BCUT2D eigenvalue weighted by Gasteiger charge is 2.16. The number of thiophene rings is 1. The van der Waals surface area contributed by atoms with Crippen molar-refractivity contribution in [1.82, 2.24) is 0 Å². The van der Waals surface area contributed by atoms with Crippen molar-refractivity contribution in [3.63, 3.8) is 0 Å². The Morgan fingerprint density at radius 3 is 3.25 bits per heavy atom. The summed E-state index contributed by atoms with van der Waals surface area (Å²) in [4.78, 5) is 11.4. The molecule has 1 fully saturated rings. The van der Waals surface area contributed by atoms with Crippen LogP contribution < -0.4 is 0 Å². The van der Waals surface area contributed by atoms with Gasteiger partial charge in [-0.15, -0.1) is 11.3 Å². The lowest BCUT2D eigenvalue weighted by atomic mass is 10.3. The zero-order valence-corrected chi connectivity index (χ0v) is 10.5. The van der Waals surface area contributed by atoms with E-state index in [2.05, 4.69) is 0 Å². The lowest BCUT2D eigenvalue weighted by molar-refractivity contribution is 0.0701. The Hall–Kier alpha value is -0.520. The molecule has 0 spiro atoms. The molecular weight excluding hydrogens is 244 g/mol. The molecule has 0 amide bonds. The first-order chi connectivity index (χ1) is 7.77. The first-order valence-electron chi connectivity index (χ1n) is 5.26. The van der Waals surface area contributed by atoms with E-state index in [1.165, 1.54) is 11.3 Å². The molecule has 1 atom stereocenters. The van der Waals surface area contributed by atoms with Crippen LogP contribution in [-0.4, -0.2) is 29.5 Å². The van der Waals surface area contributed by atoms with Gasteiger partial charge in [0.15, 0.2) is 0 Å².